The zero-order chi connectivity index (χ0) is 30.1. The molecule has 0 N–H and O–H groups in total. The molecule has 1 fully saturated rings. The van der Waals surface area contributed by atoms with Crippen molar-refractivity contribution < 1.29 is 28.6 Å². The molecule has 3 aromatic carbocycles. The molecule has 0 radical (unpaired) electrons. The molecule has 2 heterocycles. The van der Waals surface area contributed by atoms with E-state index in [1.54, 1.807) is 17.5 Å². The van der Waals surface area contributed by atoms with Gasteiger partial charge in [-0.05, 0) is 78.9 Å². The van der Waals surface area contributed by atoms with Crippen LogP contribution in [0.1, 0.15) is 49.8 Å². The van der Waals surface area contributed by atoms with Crippen LogP contribution in [0.5, 0.6) is 5.75 Å². The van der Waals surface area contributed by atoms with E-state index in [0.29, 0.717) is 39.5 Å². The van der Waals surface area contributed by atoms with Crippen molar-refractivity contribution in [3.63, 3.8) is 0 Å². The number of hydrogen-bond acceptors (Lipinski definition) is 8. The molecule has 0 spiro atoms. The van der Waals surface area contributed by atoms with Crippen LogP contribution in [0.2, 0.25) is 0 Å². The van der Waals surface area contributed by atoms with Crippen LogP contribution in [0.25, 0.3) is 10.8 Å². The fourth-order valence-electron chi connectivity index (χ4n) is 5.13. The Morgan fingerprint density at radius 3 is 2.49 bits per heavy atom. The summed E-state index contributed by atoms with van der Waals surface area (Å²) in [4.78, 5) is 22.0. The zero-order valence-electron chi connectivity index (χ0n) is 25.1. The Bertz CT molecular complexity index is 1450. The van der Waals surface area contributed by atoms with Gasteiger partial charge in [-0.2, -0.15) is 0 Å². The van der Waals surface area contributed by atoms with Crippen molar-refractivity contribution in [2.45, 2.75) is 58.0 Å². The van der Waals surface area contributed by atoms with Crippen molar-refractivity contribution in [2.24, 2.45) is 0 Å². The van der Waals surface area contributed by atoms with Crippen LogP contribution >= 0.6 is 0 Å². The summed E-state index contributed by atoms with van der Waals surface area (Å²) >= 11 is 0. The Morgan fingerprint density at radius 2 is 1.72 bits per heavy atom. The third-order valence-corrected chi connectivity index (χ3v) is 7.19. The molecule has 1 aliphatic heterocycles. The molecule has 1 aromatic heterocycles. The van der Waals surface area contributed by atoms with E-state index in [0.717, 1.165) is 28.9 Å². The summed E-state index contributed by atoms with van der Waals surface area (Å²) in [5.74, 6) is 0.906. The molecule has 0 saturated carbocycles. The fraction of sp³-hybridized carbons (Fsp3) is 0.371. The van der Waals surface area contributed by atoms with Crippen LogP contribution < -0.4 is 4.74 Å². The van der Waals surface area contributed by atoms with Crippen molar-refractivity contribution in [1.82, 2.24) is 10.0 Å². The van der Waals surface area contributed by atoms with E-state index in [2.05, 4.69) is 47.4 Å². The Kier molecular flexibility index (Phi) is 10.3. The number of rotatable bonds is 11. The highest BCUT2D eigenvalue weighted by molar-refractivity contribution is 5.82. The maximum absolute atomic E-state index is 12.4. The number of hydroxylamine groups is 2. The lowest BCUT2D eigenvalue weighted by molar-refractivity contribution is -0.179. The second-order valence-corrected chi connectivity index (χ2v) is 11.7. The Hall–Kier alpha value is -3.98. The topological polar surface area (TPSA) is 79.4 Å². The minimum absolute atomic E-state index is 0.121. The van der Waals surface area contributed by atoms with Crippen molar-refractivity contribution in [2.75, 3.05) is 26.3 Å². The van der Waals surface area contributed by atoms with Gasteiger partial charge in [0.15, 0.2) is 0 Å². The first-order valence-electron chi connectivity index (χ1n) is 14.8. The van der Waals surface area contributed by atoms with Crippen molar-refractivity contribution in [3.8, 4) is 5.75 Å². The van der Waals surface area contributed by atoms with E-state index in [4.69, 9.17) is 23.8 Å². The summed E-state index contributed by atoms with van der Waals surface area (Å²) in [6.45, 7) is 8.36. The SMILES string of the molecule is CC(C)(C)OC(=O)ON1CCC(c2ccc(OCCOCc3cccnc3)cc2)C(OCc2ccc3ccccc3c2)C1. The number of benzene rings is 3. The second kappa shape index (κ2) is 14.5. The van der Waals surface area contributed by atoms with E-state index in [1.165, 1.54) is 10.8 Å². The lowest BCUT2D eigenvalue weighted by atomic mass is 9.87. The van der Waals surface area contributed by atoms with Gasteiger partial charge in [-0.3, -0.25) is 4.98 Å². The lowest BCUT2D eigenvalue weighted by Gasteiger charge is -2.37. The quantitative estimate of drug-likeness (QED) is 0.137. The molecule has 43 heavy (non-hydrogen) atoms. The molecule has 2 atom stereocenters. The van der Waals surface area contributed by atoms with Gasteiger partial charge < -0.3 is 23.8 Å². The van der Waals surface area contributed by atoms with E-state index < -0.39 is 11.8 Å². The molecule has 1 saturated heterocycles. The summed E-state index contributed by atoms with van der Waals surface area (Å²) in [7, 11) is 0. The fourth-order valence-corrected chi connectivity index (χ4v) is 5.13. The first-order valence-corrected chi connectivity index (χ1v) is 14.8. The zero-order valence-corrected chi connectivity index (χ0v) is 25.1. The van der Waals surface area contributed by atoms with Gasteiger partial charge >= 0.3 is 6.16 Å². The average Bonchev–Trinajstić information content (AvgIpc) is 3.00. The van der Waals surface area contributed by atoms with Crippen LogP contribution in [-0.2, 0) is 32.3 Å². The monoisotopic (exact) mass is 584 g/mol. The molecule has 4 aromatic rings. The molecule has 8 heteroatoms. The van der Waals surface area contributed by atoms with Crippen molar-refractivity contribution in [1.29, 1.82) is 0 Å². The summed E-state index contributed by atoms with van der Waals surface area (Å²) in [5.41, 5.74) is 2.65. The van der Waals surface area contributed by atoms with Gasteiger partial charge in [-0.1, -0.05) is 54.6 Å². The van der Waals surface area contributed by atoms with E-state index >= 15 is 0 Å². The molecule has 0 amide bonds. The highest BCUT2D eigenvalue weighted by Gasteiger charge is 2.34. The van der Waals surface area contributed by atoms with Crippen LogP contribution in [0, 0.1) is 0 Å². The largest absolute Gasteiger partial charge is 0.528 e. The standard InChI is InChI=1S/C35H40N2O6/c1-35(2,3)42-34(38)43-37-18-16-32(33(23-37)41-25-26-10-11-28-8-4-5-9-30(28)21-26)29-12-14-31(15-13-29)40-20-19-39-24-27-7-6-17-36-22-27/h4-15,17,21-22,32-33H,16,18-20,23-25H2,1-3H3. The van der Waals surface area contributed by atoms with Crippen molar-refractivity contribution in [3.05, 3.63) is 108 Å². The summed E-state index contributed by atoms with van der Waals surface area (Å²) in [6, 6.07) is 26.7. The van der Waals surface area contributed by atoms with Crippen LogP contribution in [0.15, 0.2) is 91.3 Å². The molecule has 0 bridgehead atoms. The number of aromatic nitrogens is 1. The molecule has 226 valence electrons. The highest BCUT2D eigenvalue weighted by atomic mass is 16.8. The van der Waals surface area contributed by atoms with Gasteiger partial charge in [0, 0.05) is 24.9 Å². The minimum atomic E-state index is -0.704. The third-order valence-electron chi connectivity index (χ3n) is 7.19. The van der Waals surface area contributed by atoms with Gasteiger partial charge in [0.05, 0.1) is 32.5 Å². The average molecular weight is 585 g/mol. The van der Waals surface area contributed by atoms with E-state index in [1.807, 2.05) is 57.2 Å². The number of fused-ring (bicyclic) bond motifs is 1. The van der Waals surface area contributed by atoms with Crippen LogP contribution in [-0.4, -0.2) is 54.2 Å². The summed E-state index contributed by atoms with van der Waals surface area (Å²) < 4.78 is 23.5. The Balaban J connectivity index is 1.20. The summed E-state index contributed by atoms with van der Waals surface area (Å²) in [5, 5.41) is 4.02. The van der Waals surface area contributed by atoms with Crippen LogP contribution in [0.4, 0.5) is 4.79 Å². The predicted octanol–water partition coefficient (Wildman–Crippen LogP) is 7.07. The van der Waals surface area contributed by atoms with Gasteiger partial charge in [0.25, 0.3) is 0 Å². The van der Waals surface area contributed by atoms with Gasteiger partial charge in [0.1, 0.15) is 18.0 Å². The Morgan fingerprint density at radius 1 is 0.907 bits per heavy atom. The number of carbonyl (C=O) groups is 1. The molecule has 2 unspecified atom stereocenters. The second-order valence-electron chi connectivity index (χ2n) is 11.7. The number of piperidine rings is 1. The smallest absolute Gasteiger partial charge is 0.491 e. The van der Waals surface area contributed by atoms with Gasteiger partial charge in [-0.25, -0.2) is 4.79 Å². The number of pyridine rings is 1. The molecular formula is C35H40N2O6. The first kappa shape index (κ1) is 30.5. The van der Waals surface area contributed by atoms with Crippen molar-refractivity contribution >= 4 is 16.9 Å². The summed E-state index contributed by atoms with van der Waals surface area (Å²) in [6.07, 6.45) is 3.40. The third kappa shape index (κ3) is 9.25. The van der Waals surface area contributed by atoms with Gasteiger partial charge in [-0.15, -0.1) is 5.06 Å². The molecule has 8 nitrogen and oxygen atoms in total. The maximum Gasteiger partial charge on any atom is 0.528 e. The Labute approximate surface area is 253 Å². The number of hydrogen-bond donors (Lipinski definition) is 0. The number of nitrogens with zero attached hydrogens (tertiary/aromatic N) is 2. The lowest BCUT2D eigenvalue weighted by Crippen LogP contribution is -2.45. The van der Waals surface area contributed by atoms with Gasteiger partial charge in [0.2, 0.25) is 0 Å². The highest BCUT2D eigenvalue weighted by Crippen LogP contribution is 2.33. The molecule has 0 aliphatic carbocycles. The maximum atomic E-state index is 12.4. The van der Waals surface area contributed by atoms with E-state index in [-0.39, 0.29) is 12.0 Å². The molecular weight excluding hydrogens is 544 g/mol. The number of carbonyl (C=O) groups excluding carboxylic acids is 1. The van der Waals surface area contributed by atoms with E-state index in [9.17, 15) is 4.79 Å². The molecule has 5 rings (SSSR count). The predicted molar refractivity (Wildman–Crippen MR) is 165 cm³/mol. The minimum Gasteiger partial charge on any atom is -0.491 e. The van der Waals surface area contributed by atoms with Crippen LogP contribution in [0.3, 0.4) is 0 Å². The first-order chi connectivity index (χ1) is 20.8. The number of ether oxygens (including phenoxy) is 4. The molecule has 1 aliphatic rings. The normalized spacial score (nSPS) is 17.5.